The van der Waals surface area contributed by atoms with Crippen LogP contribution < -0.4 is 5.32 Å². The standard InChI is InChI=1S/C14H24N4O/c1-12(10-18-6-4-3-5-7-18)8-15-14(19)13-9-16-17(2)11-13/h9,11-12H,3-8,10H2,1-2H3,(H,15,19)/t12-/m1/s1. The molecule has 1 amide bonds. The van der Waals surface area contributed by atoms with Crippen LogP contribution in [0.5, 0.6) is 0 Å². The van der Waals surface area contributed by atoms with Crippen LogP contribution in [0, 0.1) is 5.92 Å². The number of hydrogen-bond donors (Lipinski definition) is 1. The third-order valence-electron chi connectivity index (χ3n) is 3.60. The van der Waals surface area contributed by atoms with Crippen LogP contribution in [-0.4, -0.2) is 46.8 Å². The number of carbonyl (C=O) groups excluding carboxylic acids is 1. The summed E-state index contributed by atoms with van der Waals surface area (Å²) in [7, 11) is 1.82. The lowest BCUT2D eigenvalue weighted by Gasteiger charge is -2.29. The van der Waals surface area contributed by atoms with Crippen molar-refractivity contribution in [2.24, 2.45) is 13.0 Å². The minimum absolute atomic E-state index is 0.0291. The maximum absolute atomic E-state index is 11.9. The number of hydrogen-bond acceptors (Lipinski definition) is 3. The summed E-state index contributed by atoms with van der Waals surface area (Å²) in [6.07, 6.45) is 7.33. The quantitative estimate of drug-likeness (QED) is 0.871. The Morgan fingerprint density at radius 1 is 1.42 bits per heavy atom. The molecule has 2 rings (SSSR count). The Hall–Kier alpha value is -1.36. The van der Waals surface area contributed by atoms with E-state index in [9.17, 15) is 4.79 Å². The number of amides is 1. The Morgan fingerprint density at radius 3 is 2.79 bits per heavy atom. The van der Waals surface area contributed by atoms with Crippen LogP contribution >= 0.6 is 0 Å². The fourth-order valence-corrected chi connectivity index (χ4v) is 2.55. The maximum atomic E-state index is 11.9. The largest absolute Gasteiger partial charge is 0.352 e. The van der Waals surface area contributed by atoms with Crippen molar-refractivity contribution in [3.8, 4) is 0 Å². The highest BCUT2D eigenvalue weighted by Gasteiger charge is 2.14. The van der Waals surface area contributed by atoms with Gasteiger partial charge in [0, 0.05) is 26.3 Å². The van der Waals surface area contributed by atoms with Gasteiger partial charge in [-0.2, -0.15) is 5.10 Å². The molecule has 0 unspecified atom stereocenters. The Kier molecular flexibility index (Phi) is 4.96. The van der Waals surface area contributed by atoms with Crippen LogP contribution in [0.1, 0.15) is 36.5 Å². The zero-order valence-electron chi connectivity index (χ0n) is 11.9. The van der Waals surface area contributed by atoms with Gasteiger partial charge in [0.2, 0.25) is 0 Å². The zero-order chi connectivity index (χ0) is 13.7. The smallest absolute Gasteiger partial charge is 0.254 e. The van der Waals surface area contributed by atoms with Gasteiger partial charge >= 0.3 is 0 Å². The van der Waals surface area contributed by atoms with Crippen LogP contribution in [-0.2, 0) is 7.05 Å². The Morgan fingerprint density at radius 2 is 2.16 bits per heavy atom. The molecule has 0 aromatic carbocycles. The molecule has 1 aromatic rings. The number of rotatable bonds is 5. The van der Waals surface area contributed by atoms with Crippen molar-refractivity contribution >= 4 is 5.91 Å². The molecule has 1 aliphatic rings. The minimum atomic E-state index is -0.0291. The molecule has 1 aromatic heterocycles. The number of aryl methyl sites for hydroxylation is 1. The fourth-order valence-electron chi connectivity index (χ4n) is 2.55. The topological polar surface area (TPSA) is 50.2 Å². The first-order valence-corrected chi connectivity index (χ1v) is 7.14. The molecule has 2 heterocycles. The monoisotopic (exact) mass is 264 g/mol. The first-order valence-electron chi connectivity index (χ1n) is 7.14. The lowest BCUT2D eigenvalue weighted by molar-refractivity contribution is 0.0942. The number of nitrogens with zero attached hydrogens (tertiary/aromatic N) is 3. The van der Waals surface area contributed by atoms with Crippen molar-refractivity contribution in [1.82, 2.24) is 20.0 Å². The normalized spacial score (nSPS) is 18.2. The van der Waals surface area contributed by atoms with Crippen molar-refractivity contribution in [2.45, 2.75) is 26.2 Å². The molecule has 1 fully saturated rings. The lowest BCUT2D eigenvalue weighted by atomic mass is 10.1. The average Bonchev–Trinajstić information content (AvgIpc) is 2.84. The predicted octanol–water partition coefficient (Wildman–Crippen LogP) is 1.27. The second-order valence-corrected chi connectivity index (χ2v) is 5.58. The van der Waals surface area contributed by atoms with E-state index in [1.807, 2.05) is 7.05 Å². The van der Waals surface area contributed by atoms with Crippen molar-refractivity contribution in [3.63, 3.8) is 0 Å². The SMILES string of the molecule is C[C@H](CNC(=O)c1cnn(C)c1)CN1CCCCC1. The second kappa shape index (κ2) is 6.70. The fraction of sp³-hybridized carbons (Fsp3) is 0.714. The molecule has 0 saturated carbocycles. The van der Waals surface area contributed by atoms with Gasteiger partial charge in [-0.15, -0.1) is 0 Å². The van der Waals surface area contributed by atoms with Crippen LogP contribution in [0.2, 0.25) is 0 Å². The molecule has 19 heavy (non-hydrogen) atoms. The molecule has 1 saturated heterocycles. The van der Waals surface area contributed by atoms with E-state index in [0.717, 1.165) is 13.1 Å². The van der Waals surface area contributed by atoms with Gasteiger partial charge in [-0.3, -0.25) is 9.48 Å². The van der Waals surface area contributed by atoms with Gasteiger partial charge in [0.15, 0.2) is 0 Å². The Balaban J connectivity index is 1.70. The molecule has 1 N–H and O–H groups in total. The molecular weight excluding hydrogens is 240 g/mol. The summed E-state index contributed by atoms with van der Waals surface area (Å²) in [5.41, 5.74) is 0.632. The molecule has 5 heteroatoms. The first-order chi connectivity index (χ1) is 9.15. The van der Waals surface area contributed by atoms with Crippen LogP contribution in [0.25, 0.3) is 0 Å². The Bertz CT molecular complexity index is 409. The van der Waals surface area contributed by atoms with E-state index in [4.69, 9.17) is 0 Å². The summed E-state index contributed by atoms with van der Waals surface area (Å²) < 4.78 is 1.64. The average molecular weight is 264 g/mol. The molecule has 1 atom stereocenters. The van der Waals surface area contributed by atoms with E-state index >= 15 is 0 Å². The van der Waals surface area contributed by atoms with Crippen LogP contribution in [0.15, 0.2) is 12.4 Å². The first kappa shape index (κ1) is 14.1. The van der Waals surface area contributed by atoms with Crippen LogP contribution in [0.3, 0.4) is 0 Å². The number of piperidine rings is 1. The molecule has 0 spiro atoms. The summed E-state index contributed by atoms with van der Waals surface area (Å²) in [5, 5.41) is 6.99. The van der Waals surface area contributed by atoms with Crippen molar-refractivity contribution in [3.05, 3.63) is 18.0 Å². The second-order valence-electron chi connectivity index (χ2n) is 5.58. The highest BCUT2D eigenvalue weighted by Crippen LogP contribution is 2.10. The van der Waals surface area contributed by atoms with Crippen molar-refractivity contribution in [1.29, 1.82) is 0 Å². The van der Waals surface area contributed by atoms with Gasteiger partial charge in [-0.05, 0) is 31.8 Å². The maximum Gasteiger partial charge on any atom is 0.254 e. The summed E-state index contributed by atoms with van der Waals surface area (Å²) >= 11 is 0. The summed E-state index contributed by atoms with van der Waals surface area (Å²) in [4.78, 5) is 14.4. The van der Waals surface area contributed by atoms with Crippen molar-refractivity contribution < 1.29 is 4.79 Å². The molecule has 0 radical (unpaired) electrons. The summed E-state index contributed by atoms with van der Waals surface area (Å²) in [6, 6.07) is 0. The minimum Gasteiger partial charge on any atom is -0.352 e. The van der Waals surface area contributed by atoms with Gasteiger partial charge in [0.25, 0.3) is 5.91 Å². The third-order valence-corrected chi connectivity index (χ3v) is 3.60. The molecule has 1 aliphatic heterocycles. The third kappa shape index (κ3) is 4.35. The number of nitrogens with one attached hydrogen (secondary N) is 1. The van der Waals surface area contributed by atoms with Crippen LogP contribution in [0.4, 0.5) is 0 Å². The van der Waals surface area contributed by atoms with Gasteiger partial charge in [0.1, 0.15) is 0 Å². The van der Waals surface area contributed by atoms with E-state index in [-0.39, 0.29) is 5.91 Å². The summed E-state index contributed by atoms with van der Waals surface area (Å²) in [6.45, 7) is 6.41. The number of aromatic nitrogens is 2. The molecule has 5 nitrogen and oxygen atoms in total. The van der Waals surface area contributed by atoms with Gasteiger partial charge in [-0.1, -0.05) is 13.3 Å². The highest BCUT2D eigenvalue weighted by atomic mass is 16.1. The van der Waals surface area contributed by atoms with E-state index in [1.54, 1.807) is 17.1 Å². The molecule has 0 aliphatic carbocycles. The number of likely N-dealkylation sites (tertiary alicyclic amines) is 1. The Labute approximate surface area is 115 Å². The predicted molar refractivity (Wildman–Crippen MR) is 75.0 cm³/mol. The van der Waals surface area contributed by atoms with E-state index in [0.29, 0.717) is 11.5 Å². The molecule has 0 bridgehead atoms. The van der Waals surface area contributed by atoms with Gasteiger partial charge in [-0.25, -0.2) is 0 Å². The molecule has 106 valence electrons. The van der Waals surface area contributed by atoms with E-state index < -0.39 is 0 Å². The zero-order valence-corrected chi connectivity index (χ0v) is 11.9. The molecular formula is C14H24N4O. The van der Waals surface area contributed by atoms with E-state index in [2.05, 4.69) is 22.2 Å². The van der Waals surface area contributed by atoms with E-state index in [1.165, 1.54) is 32.4 Å². The van der Waals surface area contributed by atoms with Gasteiger partial charge in [0.05, 0.1) is 11.8 Å². The lowest BCUT2D eigenvalue weighted by Crippen LogP contribution is -2.38. The van der Waals surface area contributed by atoms with Crippen molar-refractivity contribution in [2.75, 3.05) is 26.2 Å². The number of carbonyl (C=O) groups is 1. The highest BCUT2D eigenvalue weighted by molar-refractivity contribution is 5.93. The summed E-state index contributed by atoms with van der Waals surface area (Å²) in [5.74, 6) is 0.456. The van der Waals surface area contributed by atoms with Gasteiger partial charge < -0.3 is 10.2 Å².